The van der Waals surface area contributed by atoms with Crippen molar-refractivity contribution in [1.82, 2.24) is 9.71 Å². The highest BCUT2D eigenvalue weighted by molar-refractivity contribution is 5.14. The van der Waals surface area contributed by atoms with Gasteiger partial charge in [0.15, 0.2) is 0 Å². The third-order valence-corrected chi connectivity index (χ3v) is 2.67. The summed E-state index contributed by atoms with van der Waals surface area (Å²) in [5.41, 5.74) is 3.37. The van der Waals surface area contributed by atoms with Crippen LogP contribution in [0.25, 0.3) is 0 Å². The zero-order chi connectivity index (χ0) is 11.4. The second kappa shape index (κ2) is 4.84. The summed E-state index contributed by atoms with van der Waals surface area (Å²) in [5, 5.41) is 0. The molecule has 2 aromatic rings. The van der Waals surface area contributed by atoms with Crippen molar-refractivity contribution < 1.29 is 4.84 Å². The largest absolute Gasteiger partial charge is 0.412 e. The monoisotopic (exact) mass is 216 g/mol. The molecule has 1 heterocycles. The molecule has 0 saturated carbocycles. The van der Waals surface area contributed by atoms with E-state index >= 15 is 0 Å². The maximum atomic E-state index is 5.62. The average Bonchev–Trinajstić information content (AvgIpc) is 2.62. The topological polar surface area (TPSA) is 27.1 Å². The Balaban J connectivity index is 1.87. The van der Waals surface area contributed by atoms with Crippen molar-refractivity contribution >= 4 is 0 Å². The van der Waals surface area contributed by atoms with E-state index in [2.05, 4.69) is 17.1 Å². The molecule has 16 heavy (non-hydrogen) atoms. The minimum Gasteiger partial charge on any atom is -0.412 e. The van der Waals surface area contributed by atoms with Crippen LogP contribution in [-0.2, 0) is 6.42 Å². The summed E-state index contributed by atoms with van der Waals surface area (Å²) < 4.78 is 1.73. The predicted octanol–water partition coefficient (Wildman–Crippen LogP) is 2.17. The van der Waals surface area contributed by atoms with Crippen molar-refractivity contribution in [3.63, 3.8) is 0 Å². The molecule has 3 heteroatoms. The Morgan fingerprint density at radius 3 is 2.56 bits per heavy atom. The highest BCUT2D eigenvalue weighted by atomic mass is 16.7. The van der Waals surface area contributed by atoms with Crippen LogP contribution in [0, 0.1) is 13.8 Å². The molecule has 0 aliphatic heterocycles. The summed E-state index contributed by atoms with van der Waals surface area (Å²) in [6.45, 7) is 4.65. The van der Waals surface area contributed by atoms with Gasteiger partial charge >= 0.3 is 0 Å². The normalized spacial score (nSPS) is 10.4. The molecule has 0 saturated heterocycles. The summed E-state index contributed by atoms with van der Waals surface area (Å²) in [6.07, 6.45) is 2.63. The van der Waals surface area contributed by atoms with Gasteiger partial charge in [0.25, 0.3) is 0 Å². The highest BCUT2D eigenvalue weighted by Crippen LogP contribution is 2.03. The van der Waals surface area contributed by atoms with Crippen molar-refractivity contribution in [3.8, 4) is 0 Å². The van der Waals surface area contributed by atoms with Crippen molar-refractivity contribution in [3.05, 3.63) is 53.6 Å². The standard InChI is InChI=1S/C13H16N2O/c1-11-12(2)15(10-14-11)16-9-8-13-6-4-3-5-7-13/h3-7,10H,8-9H2,1-2H3. The second-order valence-corrected chi connectivity index (χ2v) is 3.81. The Morgan fingerprint density at radius 2 is 1.94 bits per heavy atom. The van der Waals surface area contributed by atoms with Gasteiger partial charge in [0.2, 0.25) is 0 Å². The molecule has 0 spiro atoms. The number of aromatic nitrogens is 2. The van der Waals surface area contributed by atoms with Crippen LogP contribution in [0.4, 0.5) is 0 Å². The molecule has 2 rings (SSSR count). The molecule has 1 aromatic heterocycles. The number of rotatable bonds is 4. The molecular weight excluding hydrogens is 200 g/mol. The van der Waals surface area contributed by atoms with Crippen molar-refractivity contribution in [2.75, 3.05) is 6.61 Å². The lowest BCUT2D eigenvalue weighted by Gasteiger charge is -2.07. The lowest BCUT2D eigenvalue weighted by atomic mass is 10.2. The van der Waals surface area contributed by atoms with Crippen LogP contribution in [0.1, 0.15) is 17.0 Å². The molecule has 0 atom stereocenters. The Bertz CT molecular complexity index is 448. The number of hydrogen-bond donors (Lipinski definition) is 0. The maximum Gasteiger partial charge on any atom is 0.132 e. The van der Waals surface area contributed by atoms with E-state index < -0.39 is 0 Å². The zero-order valence-corrected chi connectivity index (χ0v) is 9.68. The first-order valence-corrected chi connectivity index (χ1v) is 5.45. The van der Waals surface area contributed by atoms with Crippen LogP contribution >= 0.6 is 0 Å². The third-order valence-electron chi connectivity index (χ3n) is 2.67. The Hall–Kier alpha value is -1.77. The molecule has 0 radical (unpaired) electrons. The average molecular weight is 216 g/mol. The Morgan fingerprint density at radius 1 is 1.19 bits per heavy atom. The van der Waals surface area contributed by atoms with Crippen LogP contribution in [0.15, 0.2) is 36.7 Å². The lowest BCUT2D eigenvalue weighted by Crippen LogP contribution is -2.14. The van der Waals surface area contributed by atoms with E-state index in [0.29, 0.717) is 6.61 Å². The second-order valence-electron chi connectivity index (χ2n) is 3.81. The quantitative estimate of drug-likeness (QED) is 0.783. The summed E-state index contributed by atoms with van der Waals surface area (Å²) in [6, 6.07) is 10.3. The molecule has 3 nitrogen and oxygen atoms in total. The number of hydrogen-bond acceptors (Lipinski definition) is 2. The Kier molecular flexibility index (Phi) is 3.25. The fourth-order valence-electron chi connectivity index (χ4n) is 1.52. The number of benzene rings is 1. The van der Waals surface area contributed by atoms with Gasteiger partial charge in [0.1, 0.15) is 12.9 Å². The van der Waals surface area contributed by atoms with Crippen molar-refractivity contribution in [2.24, 2.45) is 0 Å². The molecule has 1 aromatic carbocycles. The van der Waals surface area contributed by atoms with Gasteiger partial charge < -0.3 is 4.84 Å². The fourth-order valence-corrected chi connectivity index (χ4v) is 1.52. The van der Waals surface area contributed by atoms with Gasteiger partial charge in [-0.25, -0.2) is 4.98 Å². The molecule has 0 N–H and O–H groups in total. The minimum atomic E-state index is 0.667. The van der Waals surface area contributed by atoms with E-state index in [4.69, 9.17) is 4.84 Å². The summed E-state index contributed by atoms with van der Waals surface area (Å²) in [4.78, 5) is 9.80. The SMILES string of the molecule is Cc1ncn(OCCc2ccccc2)c1C. The Labute approximate surface area is 95.7 Å². The summed E-state index contributed by atoms with van der Waals surface area (Å²) >= 11 is 0. The van der Waals surface area contributed by atoms with Gasteiger partial charge in [0, 0.05) is 6.42 Å². The van der Waals surface area contributed by atoms with E-state index in [0.717, 1.165) is 17.8 Å². The van der Waals surface area contributed by atoms with E-state index in [1.54, 1.807) is 11.1 Å². The van der Waals surface area contributed by atoms with Gasteiger partial charge in [-0.05, 0) is 19.4 Å². The maximum absolute atomic E-state index is 5.62. The molecule has 0 amide bonds. The zero-order valence-electron chi connectivity index (χ0n) is 9.68. The van der Waals surface area contributed by atoms with Gasteiger partial charge in [-0.2, -0.15) is 4.73 Å². The minimum absolute atomic E-state index is 0.667. The van der Waals surface area contributed by atoms with Crippen LogP contribution in [-0.4, -0.2) is 16.3 Å². The number of imidazole rings is 1. The van der Waals surface area contributed by atoms with E-state index in [9.17, 15) is 0 Å². The smallest absolute Gasteiger partial charge is 0.132 e. The lowest BCUT2D eigenvalue weighted by molar-refractivity contribution is 0.108. The number of nitrogens with zero attached hydrogens (tertiary/aromatic N) is 2. The van der Waals surface area contributed by atoms with E-state index in [1.807, 2.05) is 32.0 Å². The molecule has 0 aliphatic carbocycles. The van der Waals surface area contributed by atoms with Crippen molar-refractivity contribution in [1.29, 1.82) is 0 Å². The molecule has 0 unspecified atom stereocenters. The summed E-state index contributed by atoms with van der Waals surface area (Å²) in [7, 11) is 0. The molecule has 0 bridgehead atoms. The first kappa shape index (κ1) is 10.7. The summed E-state index contributed by atoms with van der Waals surface area (Å²) in [5.74, 6) is 0. The fraction of sp³-hybridized carbons (Fsp3) is 0.308. The number of aryl methyl sites for hydroxylation is 1. The van der Waals surface area contributed by atoms with Gasteiger partial charge in [-0.3, -0.25) is 0 Å². The molecule has 0 aliphatic rings. The van der Waals surface area contributed by atoms with Crippen LogP contribution in [0.2, 0.25) is 0 Å². The van der Waals surface area contributed by atoms with Crippen LogP contribution in [0.5, 0.6) is 0 Å². The third kappa shape index (κ3) is 2.42. The molecule has 84 valence electrons. The predicted molar refractivity (Wildman–Crippen MR) is 63.3 cm³/mol. The van der Waals surface area contributed by atoms with E-state index in [1.165, 1.54) is 5.56 Å². The highest BCUT2D eigenvalue weighted by Gasteiger charge is 2.01. The van der Waals surface area contributed by atoms with Crippen molar-refractivity contribution in [2.45, 2.75) is 20.3 Å². The van der Waals surface area contributed by atoms with Gasteiger partial charge in [0.05, 0.1) is 11.4 Å². The van der Waals surface area contributed by atoms with Gasteiger partial charge in [-0.15, -0.1) is 0 Å². The van der Waals surface area contributed by atoms with Crippen LogP contribution in [0.3, 0.4) is 0 Å². The molecular formula is C13H16N2O. The van der Waals surface area contributed by atoms with E-state index in [-0.39, 0.29) is 0 Å². The first-order valence-electron chi connectivity index (χ1n) is 5.45. The van der Waals surface area contributed by atoms with Gasteiger partial charge in [-0.1, -0.05) is 30.3 Å². The van der Waals surface area contributed by atoms with Crippen LogP contribution < -0.4 is 4.84 Å². The first-order chi connectivity index (χ1) is 7.77. The molecule has 0 fully saturated rings.